The maximum Gasteiger partial charge on any atom is 0.0746 e. The second-order valence-electron chi connectivity index (χ2n) is 6.23. The van der Waals surface area contributed by atoms with Gasteiger partial charge in [0, 0.05) is 24.7 Å². The van der Waals surface area contributed by atoms with Gasteiger partial charge in [-0.15, -0.1) is 0 Å². The molecule has 0 amide bonds. The average molecular weight is 252 g/mol. The van der Waals surface area contributed by atoms with Crippen LogP contribution in [0.25, 0.3) is 10.9 Å². The monoisotopic (exact) mass is 252 g/mol. The van der Waals surface area contributed by atoms with Gasteiger partial charge in [0.1, 0.15) is 0 Å². The van der Waals surface area contributed by atoms with Gasteiger partial charge in [0.2, 0.25) is 0 Å². The number of hydrogen-bond acceptors (Lipinski definition) is 2. The van der Waals surface area contributed by atoms with Crippen molar-refractivity contribution in [1.29, 1.82) is 0 Å². The Kier molecular flexibility index (Phi) is 2.59. The van der Waals surface area contributed by atoms with Gasteiger partial charge in [0.05, 0.1) is 5.52 Å². The molecule has 1 heterocycles. The number of hydrogen-bond donors (Lipinski definition) is 1. The zero-order valence-corrected chi connectivity index (χ0v) is 11.2. The fourth-order valence-corrected chi connectivity index (χ4v) is 3.34. The van der Waals surface area contributed by atoms with E-state index in [0.29, 0.717) is 5.41 Å². The maximum absolute atomic E-state index is 4.52. The van der Waals surface area contributed by atoms with Crippen LogP contribution in [0.1, 0.15) is 31.2 Å². The van der Waals surface area contributed by atoms with E-state index in [1.807, 2.05) is 12.3 Å². The minimum Gasteiger partial charge on any atom is -0.312 e. The molecule has 0 radical (unpaired) electrons. The fraction of sp³-hybridized carbons (Fsp3) is 0.471. The topological polar surface area (TPSA) is 24.9 Å². The molecule has 1 N–H and O–H groups in total. The molecule has 0 spiro atoms. The Balaban J connectivity index is 1.46. The average Bonchev–Trinajstić information content (AvgIpc) is 3.32. The summed E-state index contributed by atoms with van der Waals surface area (Å²) in [5.41, 5.74) is 3.15. The molecule has 1 aromatic heterocycles. The Labute approximate surface area is 114 Å². The molecule has 0 bridgehead atoms. The van der Waals surface area contributed by atoms with Crippen LogP contribution in [0.15, 0.2) is 36.5 Å². The zero-order chi connectivity index (χ0) is 12.7. The molecule has 1 aromatic carbocycles. The van der Waals surface area contributed by atoms with Gasteiger partial charge >= 0.3 is 0 Å². The van der Waals surface area contributed by atoms with Crippen LogP contribution in [-0.2, 0) is 6.54 Å². The molecule has 0 saturated heterocycles. The summed E-state index contributed by atoms with van der Waals surface area (Å²) < 4.78 is 0. The molecule has 0 unspecified atom stereocenters. The van der Waals surface area contributed by atoms with E-state index in [1.165, 1.54) is 43.2 Å². The highest BCUT2D eigenvalue weighted by Gasteiger charge is 2.53. The molecular formula is C17H20N2. The van der Waals surface area contributed by atoms with Gasteiger partial charge in [-0.2, -0.15) is 0 Å². The lowest BCUT2D eigenvalue weighted by molar-refractivity contribution is 0.404. The molecule has 19 heavy (non-hydrogen) atoms. The maximum atomic E-state index is 4.52. The predicted molar refractivity (Wildman–Crippen MR) is 77.8 cm³/mol. The van der Waals surface area contributed by atoms with Crippen LogP contribution in [0.3, 0.4) is 0 Å². The molecule has 2 saturated carbocycles. The SMILES string of the molecule is c1cnc2c(CNCC3(C4CC4)CC3)cccc2c1. The summed E-state index contributed by atoms with van der Waals surface area (Å²) in [5.74, 6) is 1.03. The second-order valence-corrected chi connectivity index (χ2v) is 6.23. The van der Waals surface area contributed by atoms with E-state index < -0.39 is 0 Å². The van der Waals surface area contributed by atoms with E-state index in [0.717, 1.165) is 18.0 Å². The van der Waals surface area contributed by atoms with Gasteiger partial charge in [-0.05, 0) is 48.6 Å². The van der Waals surface area contributed by atoms with E-state index in [-0.39, 0.29) is 0 Å². The lowest BCUT2D eigenvalue weighted by Crippen LogP contribution is -2.25. The number of benzene rings is 1. The van der Waals surface area contributed by atoms with Crippen molar-refractivity contribution in [3.05, 3.63) is 42.1 Å². The summed E-state index contributed by atoms with van der Waals surface area (Å²) in [7, 11) is 0. The Morgan fingerprint density at radius 3 is 2.79 bits per heavy atom. The molecule has 4 rings (SSSR count). The first-order valence-electron chi connectivity index (χ1n) is 7.41. The standard InChI is InChI=1S/C17H20N2/c1-3-13-5-2-10-19-16(13)14(4-1)11-18-12-17(8-9-17)15-6-7-15/h1-5,10,15,18H,6-9,11-12H2. The van der Waals surface area contributed by atoms with Gasteiger partial charge in [0.25, 0.3) is 0 Å². The molecule has 2 fully saturated rings. The van der Waals surface area contributed by atoms with E-state index >= 15 is 0 Å². The van der Waals surface area contributed by atoms with Crippen molar-refractivity contribution in [3.63, 3.8) is 0 Å². The van der Waals surface area contributed by atoms with Crippen LogP contribution in [0.5, 0.6) is 0 Å². The van der Waals surface area contributed by atoms with Crippen molar-refractivity contribution in [2.24, 2.45) is 11.3 Å². The van der Waals surface area contributed by atoms with Crippen LogP contribution in [0.4, 0.5) is 0 Å². The third-order valence-corrected chi connectivity index (χ3v) is 4.84. The van der Waals surface area contributed by atoms with Crippen molar-refractivity contribution in [1.82, 2.24) is 10.3 Å². The molecule has 2 nitrogen and oxygen atoms in total. The summed E-state index contributed by atoms with van der Waals surface area (Å²) >= 11 is 0. The smallest absolute Gasteiger partial charge is 0.0746 e. The Morgan fingerprint density at radius 2 is 2.00 bits per heavy atom. The Morgan fingerprint density at radius 1 is 1.16 bits per heavy atom. The number of nitrogens with one attached hydrogen (secondary N) is 1. The summed E-state index contributed by atoms with van der Waals surface area (Å²) in [6.07, 6.45) is 7.71. The van der Waals surface area contributed by atoms with Crippen LogP contribution >= 0.6 is 0 Å². The number of fused-ring (bicyclic) bond motifs is 1. The number of pyridine rings is 1. The lowest BCUT2D eigenvalue weighted by atomic mass is 10.0. The molecule has 0 atom stereocenters. The van der Waals surface area contributed by atoms with E-state index in [2.05, 4.69) is 34.6 Å². The fourth-order valence-electron chi connectivity index (χ4n) is 3.34. The van der Waals surface area contributed by atoms with Gasteiger partial charge in [0.15, 0.2) is 0 Å². The van der Waals surface area contributed by atoms with E-state index in [4.69, 9.17) is 0 Å². The van der Waals surface area contributed by atoms with Gasteiger partial charge in [-0.25, -0.2) is 0 Å². The van der Waals surface area contributed by atoms with Gasteiger partial charge in [-0.1, -0.05) is 24.3 Å². The van der Waals surface area contributed by atoms with Crippen molar-refractivity contribution in [3.8, 4) is 0 Å². The normalized spacial score (nSPS) is 20.6. The quantitative estimate of drug-likeness (QED) is 0.880. The molecule has 2 heteroatoms. The van der Waals surface area contributed by atoms with Crippen LogP contribution in [0, 0.1) is 11.3 Å². The summed E-state index contributed by atoms with van der Waals surface area (Å²) in [6, 6.07) is 10.6. The molecule has 2 aromatic rings. The van der Waals surface area contributed by atoms with E-state index in [1.54, 1.807) is 0 Å². The largest absolute Gasteiger partial charge is 0.312 e. The van der Waals surface area contributed by atoms with Gasteiger partial charge < -0.3 is 5.32 Å². The molecule has 0 aliphatic heterocycles. The molecule has 2 aliphatic carbocycles. The van der Waals surface area contributed by atoms with Crippen LogP contribution in [0.2, 0.25) is 0 Å². The zero-order valence-electron chi connectivity index (χ0n) is 11.2. The second kappa shape index (κ2) is 4.31. The third-order valence-electron chi connectivity index (χ3n) is 4.84. The highest BCUT2D eigenvalue weighted by atomic mass is 14.9. The molecule has 2 aliphatic rings. The first kappa shape index (κ1) is 11.4. The van der Waals surface area contributed by atoms with Crippen molar-refractivity contribution >= 4 is 10.9 Å². The highest BCUT2D eigenvalue weighted by molar-refractivity contribution is 5.81. The molecular weight excluding hydrogens is 232 g/mol. The number of para-hydroxylation sites is 1. The van der Waals surface area contributed by atoms with E-state index in [9.17, 15) is 0 Å². The number of rotatable bonds is 5. The van der Waals surface area contributed by atoms with Crippen molar-refractivity contribution in [2.45, 2.75) is 32.2 Å². The molecule has 98 valence electrons. The lowest BCUT2D eigenvalue weighted by Gasteiger charge is -2.15. The Bertz CT molecular complexity index is 592. The van der Waals surface area contributed by atoms with Gasteiger partial charge in [-0.3, -0.25) is 4.98 Å². The summed E-state index contributed by atoms with van der Waals surface area (Å²) in [5, 5.41) is 4.92. The first-order valence-corrected chi connectivity index (χ1v) is 7.41. The summed E-state index contributed by atoms with van der Waals surface area (Å²) in [4.78, 5) is 4.52. The predicted octanol–water partition coefficient (Wildman–Crippen LogP) is 3.51. The Hall–Kier alpha value is -1.41. The van der Waals surface area contributed by atoms with Crippen molar-refractivity contribution < 1.29 is 0 Å². The number of nitrogens with zero attached hydrogens (tertiary/aromatic N) is 1. The third kappa shape index (κ3) is 2.14. The number of aromatic nitrogens is 1. The summed E-state index contributed by atoms with van der Waals surface area (Å²) in [6.45, 7) is 2.14. The van der Waals surface area contributed by atoms with Crippen LogP contribution in [-0.4, -0.2) is 11.5 Å². The van der Waals surface area contributed by atoms with Crippen LogP contribution < -0.4 is 5.32 Å². The minimum atomic E-state index is 0.679. The minimum absolute atomic E-state index is 0.679. The highest BCUT2D eigenvalue weighted by Crippen LogP contribution is 2.60. The van der Waals surface area contributed by atoms with Crippen molar-refractivity contribution in [2.75, 3.05) is 6.54 Å². The first-order chi connectivity index (χ1) is 9.37.